The molecule has 4 heteroatoms. The number of anilines is 6. The fourth-order valence-electron chi connectivity index (χ4n) is 9.07. The topological polar surface area (TPSA) is 24.6 Å². The van der Waals surface area contributed by atoms with E-state index in [4.69, 9.17) is 4.42 Å². The molecular weight excluding hydrogens is 707 g/mol. The molecule has 0 amide bonds. The Morgan fingerprint density at radius 2 is 0.776 bits per heavy atom. The quantitative estimate of drug-likeness (QED) is 0.180. The van der Waals surface area contributed by atoms with Gasteiger partial charge in [-0.05, 0) is 119 Å². The van der Waals surface area contributed by atoms with Crippen molar-refractivity contribution in [1.29, 1.82) is 0 Å². The number of hydrogen-bond acceptors (Lipinski definition) is 3. The summed E-state index contributed by atoms with van der Waals surface area (Å²) >= 11 is 0. The van der Waals surface area contributed by atoms with Crippen LogP contribution in [-0.4, -0.2) is 4.57 Å². The van der Waals surface area contributed by atoms with Crippen molar-refractivity contribution in [1.82, 2.24) is 4.57 Å². The van der Waals surface area contributed by atoms with E-state index in [1.807, 2.05) is 12.1 Å². The summed E-state index contributed by atoms with van der Waals surface area (Å²) < 4.78 is 8.80. The highest BCUT2D eigenvalue weighted by atomic mass is 16.3. The van der Waals surface area contributed by atoms with Crippen molar-refractivity contribution in [2.75, 3.05) is 9.80 Å². The number of nitrogens with zero attached hydrogens (tertiary/aromatic N) is 3. The SMILES string of the molecule is c1ccc(-n2c3ccccc3c3c(N4c5cccc(c5)-c5cccc(c5)N(c5ccc6c(c5)oc5ccccc56)c5cccc(c5)-c5cccc4c5)cccc32)cc1. The minimum Gasteiger partial charge on any atom is -0.456 e. The molecule has 0 unspecified atom stereocenters. The second-order valence-electron chi connectivity index (χ2n) is 15.0. The maximum atomic E-state index is 6.41. The van der Waals surface area contributed by atoms with Gasteiger partial charge >= 0.3 is 0 Å². The molecule has 0 fully saturated rings. The Hall–Kier alpha value is -7.82. The normalized spacial score (nSPS) is 12.4. The number of aromatic nitrogens is 1. The lowest BCUT2D eigenvalue weighted by atomic mass is 9.99. The Bertz CT molecular complexity index is 3280. The van der Waals surface area contributed by atoms with Crippen molar-refractivity contribution in [3.63, 3.8) is 0 Å². The van der Waals surface area contributed by atoms with Crippen LogP contribution in [0.25, 0.3) is 71.7 Å². The predicted molar refractivity (Wildman–Crippen MR) is 242 cm³/mol. The van der Waals surface area contributed by atoms with Gasteiger partial charge in [-0.25, -0.2) is 0 Å². The Balaban J connectivity index is 1.10. The molecular formula is C54H35N3O. The Labute approximate surface area is 335 Å². The molecule has 0 N–H and O–H groups in total. The molecule has 0 atom stereocenters. The first-order chi connectivity index (χ1) is 28.7. The van der Waals surface area contributed by atoms with Gasteiger partial charge < -0.3 is 18.8 Å². The molecule has 2 aromatic heterocycles. The van der Waals surface area contributed by atoms with Crippen LogP contribution in [0.4, 0.5) is 34.1 Å². The predicted octanol–water partition coefficient (Wildman–Crippen LogP) is 15.3. The van der Waals surface area contributed by atoms with E-state index < -0.39 is 0 Å². The van der Waals surface area contributed by atoms with Gasteiger partial charge in [0.25, 0.3) is 0 Å². The van der Waals surface area contributed by atoms with Gasteiger partial charge in [0.1, 0.15) is 11.2 Å². The molecule has 11 aromatic rings. The summed E-state index contributed by atoms with van der Waals surface area (Å²) in [6.45, 7) is 0. The summed E-state index contributed by atoms with van der Waals surface area (Å²) in [5.74, 6) is 0. The van der Waals surface area contributed by atoms with Crippen LogP contribution >= 0.6 is 0 Å². The van der Waals surface area contributed by atoms with Gasteiger partial charge in [0.2, 0.25) is 0 Å². The summed E-state index contributed by atoms with van der Waals surface area (Å²) in [6, 6.07) is 76.7. The Kier molecular flexibility index (Phi) is 7.20. The largest absolute Gasteiger partial charge is 0.456 e. The molecule has 0 aliphatic carbocycles. The molecule has 1 aliphatic heterocycles. The molecule has 3 heterocycles. The van der Waals surface area contributed by atoms with Gasteiger partial charge in [0.15, 0.2) is 0 Å². The second kappa shape index (κ2) is 12.9. The molecule has 58 heavy (non-hydrogen) atoms. The molecule has 9 aromatic carbocycles. The van der Waals surface area contributed by atoms with Crippen LogP contribution in [0, 0.1) is 0 Å². The first-order valence-electron chi connectivity index (χ1n) is 19.8. The highest BCUT2D eigenvalue weighted by Gasteiger charge is 2.23. The van der Waals surface area contributed by atoms with Crippen LogP contribution in [0.5, 0.6) is 0 Å². The third kappa shape index (κ3) is 5.09. The zero-order valence-electron chi connectivity index (χ0n) is 31.5. The van der Waals surface area contributed by atoms with Crippen LogP contribution in [0.15, 0.2) is 217 Å². The average Bonchev–Trinajstić information content (AvgIpc) is 3.83. The Morgan fingerprint density at radius 3 is 1.43 bits per heavy atom. The van der Waals surface area contributed by atoms with Gasteiger partial charge in [-0.15, -0.1) is 0 Å². The standard InChI is InChI=1S/C54H35N3O/c1-2-17-40(18-3-1)57-49-25-6-4-24-48(49)54-50(26-12-27-51(54)57)56-43-21-10-15-38(33-43)36-13-8-19-41(31-36)55(42-20-9-14-37(32-42)39-16-11-22-44(56)34-39)45-29-30-47-46-23-5-7-28-52(46)58-53(47)35-45/h1-35H. The van der Waals surface area contributed by atoms with E-state index in [2.05, 4.69) is 215 Å². The minimum absolute atomic E-state index is 0.868. The first kappa shape index (κ1) is 32.4. The van der Waals surface area contributed by atoms with Crippen molar-refractivity contribution in [3.05, 3.63) is 212 Å². The third-order valence-electron chi connectivity index (χ3n) is 11.6. The maximum absolute atomic E-state index is 6.41. The van der Waals surface area contributed by atoms with Gasteiger partial charge in [-0.1, -0.05) is 109 Å². The van der Waals surface area contributed by atoms with E-state index >= 15 is 0 Å². The summed E-state index contributed by atoms with van der Waals surface area (Å²) in [6.07, 6.45) is 0. The second-order valence-corrected chi connectivity index (χ2v) is 15.0. The van der Waals surface area contributed by atoms with Gasteiger partial charge in [0, 0.05) is 61.7 Å². The molecule has 0 saturated heterocycles. The molecule has 0 saturated carbocycles. The Morgan fingerprint density at radius 1 is 0.293 bits per heavy atom. The number of fused-ring (bicyclic) bond motifs is 16. The summed E-state index contributed by atoms with van der Waals surface area (Å²) in [7, 11) is 0. The first-order valence-corrected chi connectivity index (χ1v) is 19.8. The summed E-state index contributed by atoms with van der Waals surface area (Å²) in [5.41, 5.74) is 16.3. The number of hydrogen-bond donors (Lipinski definition) is 0. The highest BCUT2D eigenvalue weighted by molar-refractivity contribution is 6.16. The van der Waals surface area contributed by atoms with Crippen molar-refractivity contribution in [2.45, 2.75) is 0 Å². The van der Waals surface area contributed by atoms with E-state index in [9.17, 15) is 0 Å². The molecule has 12 rings (SSSR count). The van der Waals surface area contributed by atoms with Gasteiger partial charge in [0.05, 0.1) is 16.7 Å². The lowest BCUT2D eigenvalue weighted by molar-refractivity contribution is 0.669. The lowest BCUT2D eigenvalue weighted by Gasteiger charge is -2.29. The molecule has 0 radical (unpaired) electrons. The van der Waals surface area contributed by atoms with Crippen molar-refractivity contribution >= 4 is 77.9 Å². The van der Waals surface area contributed by atoms with E-state index in [1.165, 1.54) is 16.3 Å². The van der Waals surface area contributed by atoms with Crippen LogP contribution in [0.3, 0.4) is 0 Å². The third-order valence-corrected chi connectivity index (χ3v) is 11.6. The van der Waals surface area contributed by atoms with Crippen molar-refractivity contribution in [2.24, 2.45) is 0 Å². The number of rotatable bonds is 3. The number of benzene rings is 9. The van der Waals surface area contributed by atoms with Gasteiger partial charge in [-0.3, -0.25) is 0 Å². The smallest absolute Gasteiger partial charge is 0.137 e. The van der Waals surface area contributed by atoms with Crippen LogP contribution in [-0.2, 0) is 0 Å². The van der Waals surface area contributed by atoms with Gasteiger partial charge in [-0.2, -0.15) is 0 Å². The van der Waals surface area contributed by atoms with E-state index in [0.717, 1.165) is 89.5 Å². The van der Waals surface area contributed by atoms with E-state index in [0.29, 0.717) is 0 Å². The number of furan rings is 1. The van der Waals surface area contributed by atoms with Crippen LogP contribution in [0.1, 0.15) is 0 Å². The fraction of sp³-hybridized carbons (Fsp3) is 0. The monoisotopic (exact) mass is 741 g/mol. The molecule has 8 bridgehead atoms. The summed E-state index contributed by atoms with van der Waals surface area (Å²) in [5, 5.41) is 4.66. The highest BCUT2D eigenvalue weighted by Crippen LogP contribution is 2.47. The molecule has 1 aliphatic rings. The maximum Gasteiger partial charge on any atom is 0.137 e. The molecule has 272 valence electrons. The fourth-order valence-corrected chi connectivity index (χ4v) is 9.07. The zero-order valence-corrected chi connectivity index (χ0v) is 31.5. The summed E-state index contributed by atoms with van der Waals surface area (Å²) in [4.78, 5) is 4.78. The minimum atomic E-state index is 0.868. The molecule has 0 spiro atoms. The average molecular weight is 742 g/mol. The lowest BCUT2D eigenvalue weighted by Crippen LogP contribution is -2.11. The van der Waals surface area contributed by atoms with E-state index in [1.54, 1.807) is 0 Å². The van der Waals surface area contributed by atoms with Crippen molar-refractivity contribution in [3.8, 4) is 27.9 Å². The van der Waals surface area contributed by atoms with Crippen LogP contribution < -0.4 is 9.80 Å². The van der Waals surface area contributed by atoms with E-state index in [-0.39, 0.29) is 0 Å². The zero-order chi connectivity index (χ0) is 38.2. The van der Waals surface area contributed by atoms with Crippen LogP contribution in [0.2, 0.25) is 0 Å². The van der Waals surface area contributed by atoms with Crippen molar-refractivity contribution < 1.29 is 4.42 Å². The number of para-hydroxylation sites is 3. The molecule has 4 nitrogen and oxygen atoms in total.